The van der Waals surface area contributed by atoms with E-state index in [1.54, 1.807) is 11.6 Å². The molecule has 26 heavy (non-hydrogen) atoms. The van der Waals surface area contributed by atoms with Crippen molar-refractivity contribution in [3.63, 3.8) is 0 Å². The third-order valence-corrected chi connectivity index (χ3v) is 6.72. The molecule has 9 heteroatoms. The monoisotopic (exact) mass is 380 g/mol. The van der Waals surface area contributed by atoms with Crippen LogP contribution in [0.5, 0.6) is 0 Å². The molecule has 0 bridgehead atoms. The highest BCUT2D eigenvalue weighted by Gasteiger charge is 2.31. The lowest BCUT2D eigenvalue weighted by Gasteiger charge is -2.27. The molecule has 4 rings (SSSR count). The van der Waals surface area contributed by atoms with Gasteiger partial charge in [-0.1, -0.05) is 11.3 Å². The SMILES string of the molecule is Cc1ccc(S(=O)(=O)N2CCn3nnc(COCC4CC4)c3C2)cc1F. The minimum atomic E-state index is -3.78. The van der Waals surface area contributed by atoms with Crippen molar-refractivity contribution in [2.24, 2.45) is 5.92 Å². The number of aromatic nitrogens is 3. The van der Waals surface area contributed by atoms with Crippen LogP contribution in [0.4, 0.5) is 4.39 Å². The molecule has 1 aromatic carbocycles. The summed E-state index contributed by atoms with van der Waals surface area (Å²) in [5.41, 5.74) is 1.82. The first kappa shape index (κ1) is 17.6. The van der Waals surface area contributed by atoms with Crippen molar-refractivity contribution in [2.75, 3.05) is 13.2 Å². The molecule has 0 atom stereocenters. The largest absolute Gasteiger partial charge is 0.375 e. The van der Waals surface area contributed by atoms with Gasteiger partial charge in [-0.2, -0.15) is 4.31 Å². The predicted octanol–water partition coefficient (Wildman–Crippen LogP) is 1.86. The number of fused-ring (bicyclic) bond motifs is 1. The molecule has 0 saturated heterocycles. The first-order valence-corrected chi connectivity index (χ1v) is 10.1. The van der Waals surface area contributed by atoms with Gasteiger partial charge < -0.3 is 4.74 Å². The second-order valence-electron chi connectivity index (χ2n) is 6.91. The van der Waals surface area contributed by atoms with Gasteiger partial charge in [0.25, 0.3) is 0 Å². The van der Waals surface area contributed by atoms with Gasteiger partial charge in [-0.15, -0.1) is 5.10 Å². The van der Waals surface area contributed by atoms with Gasteiger partial charge in [0.05, 0.1) is 30.3 Å². The molecule has 1 fully saturated rings. The third-order valence-electron chi connectivity index (χ3n) is 4.88. The molecule has 1 aliphatic heterocycles. The van der Waals surface area contributed by atoms with Gasteiger partial charge in [0, 0.05) is 13.2 Å². The van der Waals surface area contributed by atoms with E-state index >= 15 is 0 Å². The van der Waals surface area contributed by atoms with E-state index in [0.29, 0.717) is 36.9 Å². The molecule has 0 unspecified atom stereocenters. The Morgan fingerprint density at radius 3 is 2.85 bits per heavy atom. The molecule has 2 heterocycles. The summed E-state index contributed by atoms with van der Waals surface area (Å²) in [5.74, 6) is 0.124. The Hall–Kier alpha value is -1.84. The van der Waals surface area contributed by atoms with E-state index in [9.17, 15) is 12.8 Å². The Bertz CT molecular complexity index is 924. The zero-order valence-electron chi connectivity index (χ0n) is 14.6. The van der Waals surface area contributed by atoms with Crippen molar-refractivity contribution in [3.05, 3.63) is 41.0 Å². The molecular formula is C17H21FN4O3S. The zero-order chi connectivity index (χ0) is 18.3. The molecular weight excluding hydrogens is 359 g/mol. The van der Waals surface area contributed by atoms with Crippen LogP contribution >= 0.6 is 0 Å². The van der Waals surface area contributed by atoms with E-state index in [1.807, 2.05) is 0 Å². The summed E-state index contributed by atoms with van der Waals surface area (Å²) in [6.45, 7) is 3.49. The van der Waals surface area contributed by atoms with Crippen molar-refractivity contribution in [2.45, 2.75) is 44.4 Å². The van der Waals surface area contributed by atoms with E-state index in [4.69, 9.17) is 4.74 Å². The third kappa shape index (κ3) is 3.38. The van der Waals surface area contributed by atoms with Gasteiger partial charge in [-0.05, 0) is 43.4 Å². The topological polar surface area (TPSA) is 77.3 Å². The molecule has 0 spiro atoms. The minimum absolute atomic E-state index is 0.0342. The maximum absolute atomic E-state index is 13.8. The molecule has 0 N–H and O–H groups in total. The van der Waals surface area contributed by atoms with E-state index in [2.05, 4.69) is 10.3 Å². The van der Waals surface area contributed by atoms with Crippen LogP contribution in [0.15, 0.2) is 23.1 Å². The number of hydrogen-bond donors (Lipinski definition) is 0. The van der Waals surface area contributed by atoms with E-state index in [1.165, 1.54) is 29.3 Å². The van der Waals surface area contributed by atoms with E-state index in [0.717, 1.165) is 11.8 Å². The van der Waals surface area contributed by atoms with Crippen LogP contribution < -0.4 is 0 Å². The van der Waals surface area contributed by atoms with E-state index < -0.39 is 15.8 Å². The van der Waals surface area contributed by atoms with Crippen molar-refractivity contribution in [1.82, 2.24) is 19.3 Å². The quantitative estimate of drug-likeness (QED) is 0.764. The van der Waals surface area contributed by atoms with Crippen molar-refractivity contribution in [1.29, 1.82) is 0 Å². The lowest BCUT2D eigenvalue weighted by Crippen LogP contribution is -2.38. The summed E-state index contributed by atoms with van der Waals surface area (Å²) >= 11 is 0. The number of hydrogen-bond acceptors (Lipinski definition) is 5. The van der Waals surface area contributed by atoms with Crippen LogP contribution in [0.2, 0.25) is 0 Å². The summed E-state index contributed by atoms with van der Waals surface area (Å²) in [4.78, 5) is -0.0342. The van der Waals surface area contributed by atoms with Gasteiger partial charge in [-0.25, -0.2) is 17.5 Å². The molecule has 2 aliphatic rings. The summed E-state index contributed by atoms with van der Waals surface area (Å²) in [6, 6.07) is 4.00. The highest BCUT2D eigenvalue weighted by molar-refractivity contribution is 7.89. The highest BCUT2D eigenvalue weighted by Crippen LogP contribution is 2.29. The number of rotatable bonds is 6. The van der Waals surface area contributed by atoms with Crippen LogP contribution in [-0.2, 0) is 34.5 Å². The van der Waals surface area contributed by atoms with Gasteiger partial charge in [0.15, 0.2) is 0 Å². The fraction of sp³-hybridized carbons (Fsp3) is 0.529. The Balaban J connectivity index is 1.52. The summed E-state index contributed by atoms with van der Waals surface area (Å²) in [5, 5.41) is 8.23. The molecule has 1 aromatic heterocycles. The zero-order valence-corrected chi connectivity index (χ0v) is 15.4. The highest BCUT2D eigenvalue weighted by atomic mass is 32.2. The van der Waals surface area contributed by atoms with Crippen molar-refractivity contribution in [3.8, 4) is 0 Å². The fourth-order valence-corrected chi connectivity index (χ4v) is 4.39. The standard InChI is InChI=1S/C17H21FN4O3S/c1-12-2-5-14(8-15(12)18)26(23,24)21-6-7-22-17(9-21)16(19-20-22)11-25-10-13-3-4-13/h2,5,8,13H,3-4,6-7,9-11H2,1H3. The maximum atomic E-state index is 13.8. The lowest BCUT2D eigenvalue weighted by molar-refractivity contribution is 0.107. The Labute approximate surface area is 151 Å². The van der Waals surface area contributed by atoms with Crippen LogP contribution in [0.25, 0.3) is 0 Å². The van der Waals surface area contributed by atoms with E-state index in [-0.39, 0.29) is 18.0 Å². The summed E-state index contributed by atoms with van der Waals surface area (Å²) in [7, 11) is -3.78. The molecule has 0 amide bonds. The number of aryl methyl sites for hydroxylation is 1. The summed E-state index contributed by atoms with van der Waals surface area (Å²) < 4.78 is 48.3. The predicted molar refractivity (Wildman–Crippen MR) is 91.1 cm³/mol. The Kier molecular flexibility index (Phi) is 4.54. The molecule has 1 aliphatic carbocycles. The number of sulfonamides is 1. The van der Waals surface area contributed by atoms with Gasteiger partial charge in [-0.3, -0.25) is 0 Å². The van der Waals surface area contributed by atoms with Crippen LogP contribution in [0.1, 0.15) is 29.8 Å². The minimum Gasteiger partial charge on any atom is -0.375 e. The summed E-state index contributed by atoms with van der Waals surface area (Å²) in [6.07, 6.45) is 2.41. The van der Waals surface area contributed by atoms with Gasteiger partial charge in [0.1, 0.15) is 11.5 Å². The Morgan fingerprint density at radius 2 is 2.12 bits per heavy atom. The van der Waals surface area contributed by atoms with Crippen LogP contribution in [0, 0.1) is 18.7 Å². The molecule has 0 radical (unpaired) electrons. The van der Waals surface area contributed by atoms with Gasteiger partial charge in [0.2, 0.25) is 10.0 Å². The average Bonchev–Trinajstić information content (AvgIpc) is 3.36. The lowest BCUT2D eigenvalue weighted by atomic mass is 10.2. The number of nitrogens with zero attached hydrogens (tertiary/aromatic N) is 4. The molecule has 140 valence electrons. The van der Waals surface area contributed by atoms with Crippen LogP contribution in [0.3, 0.4) is 0 Å². The smallest absolute Gasteiger partial charge is 0.243 e. The second kappa shape index (κ2) is 6.71. The number of ether oxygens (including phenoxy) is 1. The average molecular weight is 380 g/mol. The van der Waals surface area contributed by atoms with Gasteiger partial charge >= 0.3 is 0 Å². The Morgan fingerprint density at radius 1 is 1.31 bits per heavy atom. The molecule has 1 saturated carbocycles. The first-order valence-electron chi connectivity index (χ1n) is 8.70. The number of benzene rings is 1. The second-order valence-corrected chi connectivity index (χ2v) is 8.85. The first-order chi connectivity index (χ1) is 12.4. The normalized spacial score (nSPS) is 18.1. The van der Waals surface area contributed by atoms with Crippen molar-refractivity contribution < 1.29 is 17.5 Å². The maximum Gasteiger partial charge on any atom is 0.243 e. The number of halogens is 1. The fourth-order valence-electron chi connectivity index (χ4n) is 2.98. The van der Waals surface area contributed by atoms with Crippen molar-refractivity contribution >= 4 is 10.0 Å². The molecule has 7 nitrogen and oxygen atoms in total. The van der Waals surface area contributed by atoms with Crippen LogP contribution in [-0.4, -0.2) is 40.9 Å². The molecule has 2 aromatic rings.